The van der Waals surface area contributed by atoms with Crippen LogP contribution in [0.3, 0.4) is 0 Å². The monoisotopic (exact) mass is 550 g/mol. The topological polar surface area (TPSA) is 55.9 Å². The number of allylic oxidation sites excluding steroid dienone is 1. The molecule has 1 saturated carbocycles. The lowest BCUT2D eigenvalue weighted by Gasteiger charge is -2.57. The zero-order valence-corrected chi connectivity index (χ0v) is 25.9. The van der Waals surface area contributed by atoms with Gasteiger partial charge in [0.1, 0.15) is 0 Å². The molecule has 40 heavy (non-hydrogen) atoms. The highest BCUT2D eigenvalue weighted by Gasteiger charge is 2.51. The third-order valence-corrected chi connectivity index (χ3v) is 9.98. The molecule has 1 heterocycles. The van der Waals surface area contributed by atoms with E-state index in [0.29, 0.717) is 42.7 Å². The van der Waals surface area contributed by atoms with Crippen LogP contribution in [0.4, 0.5) is 10.5 Å². The quantitative estimate of drug-likeness (QED) is 0.210. The Bertz CT molecular complexity index is 1010. The van der Waals surface area contributed by atoms with Gasteiger partial charge in [-0.15, -0.1) is 0 Å². The maximum absolute atomic E-state index is 13.4. The van der Waals surface area contributed by atoms with E-state index in [4.69, 9.17) is 0 Å². The van der Waals surface area contributed by atoms with Gasteiger partial charge in [0.05, 0.1) is 0 Å². The molecule has 2 atom stereocenters. The minimum Gasteiger partial charge on any atom is -0.337 e. The van der Waals surface area contributed by atoms with Gasteiger partial charge in [-0.05, 0) is 60.1 Å². The second-order valence-corrected chi connectivity index (χ2v) is 13.3. The molecule has 1 aliphatic heterocycles. The van der Waals surface area contributed by atoms with Crippen LogP contribution in [0.15, 0.2) is 35.9 Å². The molecule has 5 rings (SSSR count). The summed E-state index contributed by atoms with van der Waals surface area (Å²) in [5, 5.41) is 3.06. The van der Waals surface area contributed by atoms with Gasteiger partial charge in [0.15, 0.2) is 0 Å². The number of hydrogen-bond acceptors (Lipinski definition) is 3. The van der Waals surface area contributed by atoms with Crippen LogP contribution < -0.4 is 5.32 Å². The van der Waals surface area contributed by atoms with Gasteiger partial charge in [-0.25, -0.2) is 4.79 Å². The molecule has 6 heteroatoms. The number of urea groups is 1. The summed E-state index contributed by atoms with van der Waals surface area (Å²) in [6.45, 7) is 17.0. The van der Waals surface area contributed by atoms with E-state index in [-0.39, 0.29) is 6.03 Å². The third kappa shape index (κ3) is 7.69. The van der Waals surface area contributed by atoms with Crippen molar-refractivity contribution in [3.63, 3.8) is 0 Å². The molecule has 1 saturated heterocycles. The Kier molecular flexibility index (Phi) is 10.7. The summed E-state index contributed by atoms with van der Waals surface area (Å²) in [5.74, 6) is 2.25. The summed E-state index contributed by atoms with van der Waals surface area (Å²) < 4.78 is 0. The fourth-order valence-corrected chi connectivity index (χ4v) is 6.80. The van der Waals surface area contributed by atoms with E-state index in [9.17, 15) is 9.59 Å². The van der Waals surface area contributed by atoms with Crippen molar-refractivity contribution in [2.75, 3.05) is 51.1 Å². The van der Waals surface area contributed by atoms with Gasteiger partial charge in [0.25, 0.3) is 0 Å². The fraction of sp³-hybridized carbons (Fsp3) is 0.706. The number of rotatable bonds is 13. The van der Waals surface area contributed by atoms with Crippen molar-refractivity contribution in [2.45, 2.75) is 91.9 Å². The predicted molar refractivity (Wildman–Crippen MR) is 166 cm³/mol. The maximum atomic E-state index is 13.4. The molecule has 0 spiro atoms. The molecule has 3 aliphatic carbocycles. The molecule has 1 aromatic carbocycles. The summed E-state index contributed by atoms with van der Waals surface area (Å²) in [7, 11) is 0. The van der Waals surface area contributed by atoms with Crippen molar-refractivity contribution >= 4 is 17.6 Å². The van der Waals surface area contributed by atoms with E-state index in [2.05, 4.69) is 67.9 Å². The van der Waals surface area contributed by atoms with Gasteiger partial charge in [0, 0.05) is 57.9 Å². The standard InChI is InChI=1S/C34H54N4O2/c1-6-7-8-9-10-11-32(39)38(25-28-12-15-29-24-31(28)34(29,4)5)23-20-36-18-21-37(22-19-36)33(40)35-30-16-13-27(14-17-30)26(2)3/h12-14,16-17,26,29,31H,6-11,15,18-25H2,1-5H3,(H,35,40). The summed E-state index contributed by atoms with van der Waals surface area (Å²) >= 11 is 0. The molecular formula is C34H54N4O2. The van der Waals surface area contributed by atoms with Gasteiger partial charge >= 0.3 is 6.03 Å². The summed E-state index contributed by atoms with van der Waals surface area (Å²) in [6.07, 6.45) is 11.4. The minimum atomic E-state index is -0.0255. The first-order valence-corrected chi connectivity index (χ1v) is 16.0. The number of nitrogens with zero attached hydrogens (tertiary/aromatic N) is 3. The van der Waals surface area contributed by atoms with E-state index >= 15 is 0 Å². The first-order valence-electron chi connectivity index (χ1n) is 16.0. The Balaban J connectivity index is 1.26. The summed E-state index contributed by atoms with van der Waals surface area (Å²) in [4.78, 5) is 32.7. The van der Waals surface area contributed by atoms with Crippen LogP contribution in [0.1, 0.15) is 97.5 Å². The molecule has 1 aromatic rings. The van der Waals surface area contributed by atoms with Crippen molar-refractivity contribution < 1.29 is 9.59 Å². The largest absolute Gasteiger partial charge is 0.337 e. The normalized spacial score (nSPS) is 22.1. The molecule has 0 aromatic heterocycles. The number of amides is 3. The van der Waals surface area contributed by atoms with Crippen molar-refractivity contribution in [1.29, 1.82) is 0 Å². The third-order valence-electron chi connectivity index (χ3n) is 9.98. The summed E-state index contributed by atoms with van der Waals surface area (Å²) in [5.41, 5.74) is 4.00. The predicted octanol–water partition coefficient (Wildman–Crippen LogP) is 7.14. The van der Waals surface area contributed by atoms with Crippen molar-refractivity contribution in [3.05, 3.63) is 41.5 Å². The molecular weight excluding hydrogens is 496 g/mol. The SMILES string of the molecule is CCCCCCCC(=O)N(CCN1CCN(C(=O)Nc2ccc(C(C)C)cc2)CC1)CC1=CCC2CC1C2(C)C. The highest BCUT2D eigenvalue weighted by molar-refractivity contribution is 5.89. The molecule has 2 fully saturated rings. The van der Waals surface area contributed by atoms with Crippen LogP contribution in [0.2, 0.25) is 0 Å². The number of piperazine rings is 1. The van der Waals surface area contributed by atoms with Gasteiger partial charge < -0.3 is 15.1 Å². The van der Waals surface area contributed by atoms with Gasteiger partial charge in [-0.2, -0.15) is 0 Å². The number of fused-ring (bicyclic) bond motifs is 1. The van der Waals surface area contributed by atoms with Crippen LogP contribution in [-0.2, 0) is 4.79 Å². The first-order chi connectivity index (χ1) is 19.2. The van der Waals surface area contributed by atoms with Crippen LogP contribution >= 0.6 is 0 Å². The van der Waals surface area contributed by atoms with Gasteiger partial charge in [-0.3, -0.25) is 9.69 Å². The van der Waals surface area contributed by atoms with E-state index in [1.54, 1.807) is 0 Å². The second kappa shape index (κ2) is 14.0. The van der Waals surface area contributed by atoms with E-state index in [1.165, 1.54) is 43.2 Å². The molecule has 2 unspecified atom stereocenters. The molecule has 0 radical (unpaired) electrons. The Morgan fingerprint density at radius 1 is 1.02 bits per heavy atom. The maximum Gasteiger partial charge on any atom is 0.321 e. The Morgan fingerprint density at radius 2 is 1.73 bits per heavy atom. The van der Waals surface area contributed by atoms with Crippen LogP contribution in [0.25, 0.3) is 0 Å². The van der Waals surface area contributed by atoms with Crippen molar-refractivity contribution in [1.82, 2.24) is 14.7 Å². The highest BCUT2D eigenvalue weighted by Crippen LogP contribution is 2.59. The Labute approximate surface area is 243 Å². The molecule has 4 aliphatic rings. The average molecular weight is 551 g/mol. The minimum absolute atomic E-state index is 0.0255. The number of anilines is 1. The first kappa shape index (κ1) is 30.6. The zero-order chi connectivity index (χ0) is 28.7. The lowest BCUT2D eigenvalue weighted by atomic mass is 9.49. The Hall–Kier alpha value is -2.34. The number of nitrogens with one attached hydrogen (secondary N) is 1. The molecule has 222 valence electrons. The number of hydrogen-bond donors (Lipinski definition) is 1. The molecule has 3 amide bonds. The average Bonchev–Trinajstić information content (AvgIpc) is 2.95. The van der Waals surface area contributed by atoms with E-state index in [1.807, 2.05) is 17.0 Å². The van der Waals surface area contributed by atoms with E-state index < -0.39 is 0 Å². The number of carbonyl (C=O) groups is 2. The lowest BCUT2D eigenvalue weighted by Crippen LogP contribution is -2.52. The zero-order valence-electron chi connectivity index (χ0n) is 25.9. The van der Waals surface area contributed by atoms with Crippen LogP contribution in [0, 0.1) is 17.3 Å². The fourth-order valence-electron chi connectivity index (χ4n) is 6.80. The van der Waals surface area contributed by atoms with Crippen molar-refractivity contribution in [2.24, 2.45) is 17.3 Å². The molecule has 1 N–H and O–H groups in total. The van der Waals surface area contributed by atoms with Crippen LogP contribution in [-0.4, -0.2) is 72.5 Å². The van der Waals surface area contributed by atoms with Gasteiger partial charge in [-0.1, -0.05) is 84.1 Å². The van der Waals surface area contributed by atoms with Gasteiger partial charge in [0.2, 0.25) is 5.91 Å². The Morgan fingerprint density at radius 3 is 2.35 bits per heavy atom. The van der Waals surface area contributed by atoms with E-state index in [0.717, 1.165) is 57.2 Å². The van der Waals surface area contributed by atoms with Crippen LogP contribution in [0.5, 0.6) is 0 Å². The summed E-state index contributed by atoms with van der Waals surface area (Å²) in [6, 6.07) is 8.13. The molecule has 2 bridgehead atoms. The highest BCUT2D eigenvalue weighted by atomic mass is 16.2. The number of benzene rings is 1. The lowest BCUT2D eigenvalue weighted by molar-refractivity contribution is -0.131. The second-order valence-electron chi connectivity index (χ2n) is 13.3. The van der Waals surface area contributed by atoms with Crippen molar-refractivity contribution in [3.8, 4) is 0 Å². The number of unbranched alkanes of at least 4 members (excludes halogenated alkanes) is 4. The number of carbonyl (C=O) groups excluding carboxylic acids is 2. The molecule has 6 nitrogen and oxygen atoms in total. The smallest absolute Gasteiger partial charge is 0.321 e.